The fourth-order valence-corrected chi connectivity index (χ4v) is 0.646. The molecule has 0 rings (SSSR count). The summed E-state index contributed by atoms with van der Waals surface area (Å²) in [6.07, 6.45) is 0.340. The summed E-state index contributed by atoms with van der Waals surface area (Å²) < 4.78 is 0. The Balaban J connectivity index is 4.39. The fraction of sp³-hybridized carbons (Fsp3) is 0.571. The van der Waals surface area contributed by atoms with Crippen molar-refractivity contribution in [3.63, 3.8) is 0 Å². The standard InChI is InChI=1S/C7H11NO2/c1-4-6(10)7(8-3)5(2)9/h4H2,1-3H3. The molecule has 0 saturated carbocycles. The number of Topliss-reactive ketones (excluding diaryl/α,β-unsaturated/α-hetero) is 2. The van der Waals surface area contributed by atoms with Gasteiger partial charge < -0.3 is 0 Å². The Morgan fingerprint density at radius 2 is 1.90 bits per heavy atom. The van der Waals surface area contributed by atoms with Crippen molar-refractivity contribution in [2.75, 3.05) is 7.05 Å². The number of nitrogens with zero attached hydrogens (tertiary/aromatic N) is 1. The van der Waals surface area contributed by atoms with Crippen molar-refractivity contribution in [2.45, 2.75) is 20.3 Å². The zero-order chi connectivity index (χ0) is 8.15. The molecule has 0 aliphatic heterocycles. The lowest BCUT2D eigenvalue weighted by molar-refractivity contribution is -0.115. The number of rotatable bonds is 3. The van der Waals surface area contributed by atoms with Gasteiger partial charge in [0, 0.05) is 20.4 Å². The summed E-state index contributed by atoms with van der Waals surface area (Å²) in [6, 6.07) is 0. The second-order valence-electron chi connectivity index (χ2n) is 1.91. The molecular formula is C7H11NO2. The second kappa shape index (κ2) is 3.93. The van der Waals surface area contributed by atoms with Crippen molar-refractivity contribution in [3.8, 4) is 0 Å². The van der Waals surface area contributed by atoms with Crippen LogP contribution in [0.2, 0.25) is 0 Å². The molecule has 0 aliphatic carbocycles. The van der Waals surface area contributed by atoms with Gasteiger partial charge in [-0.15, -0.1) is 0 Å². The average molecular weight is 141 g/mol. The highest BCUT2D eigenvalue weighted by Gasteiger charge is 2.11. The van der Waals surface area contributed by atoms with Crippen LogP contribution in [0.1, 0.15) is 20.3 Å². The Hall–Kier alpha value is -0.990. The smallest absolute Gasteiger partial charge is 0.184 e. The van der Waals surface area contributed by atoms with Crippen LogP contribution >= 0.6 is 0 Å². The van der Waals surface area contributed by atoms with Crippen molar-refractivity contribution in [3.05, 3.63) is 0 Å². The van der Waals surface area contributed by atoms with Crippen molar-refractivity contribution >= 4 is 17.3 Å². The normalized spacial score (nSPS) is 11.3. The first-order valence-corrected chi connectivity index (χ1v) is 3.14. The fourth-order valence-electron chi connectivity index (χ4n) is 0.646. The Morgan fingerprint density at radius 3 is 2.00 bits per heavy atom. The van der Waals surface area contributed by atoms with E-state index in [1.807, 2.05) is 0 Å². The van der Waals surface area contributed by atoms with Gasteiger partial charge in [-0.05, 0) is 0 Å². The summed E-state index contributed by atoms with van der Waals surface area (Å²) in [6.45, 7) is 3.05. The van der Waals surface area contributed by atoms with E-state index in [9.17, 15) is 9.59 Å². The van der Waals surface area contributed by atoms with E-state index in [0.29, 0.717) is 6.42 Å². The van der Waals surface area contributed by atoms with Gasteiger partial charge in [0.1, 0.15) is 5.71 Å². The number of carbonyl (C=O) groups is 2. The first kappa shape index (κ1) is 9.01. The lowest BCUT2D eigenvalue weighted by atomic mass is 10.1. The van der Waals surface area contributed by atoms with Crippen molar-refractivity contribution in [2.24, 2.45) is 4.99 Å². The van der Waals surface area contributed by atoms with E-state index in [2.05, 4.69) is 4.99 Å². The third-order valence-electron chi connectivity index (χ3n) is 1.14. The topological polar surface area (TPSA) is 46.5 Å². The molecule has 0 aromatic carbocycles. The average Bonchev–Trinajstić information content (AvgIpc) is 1.88. The molecule has 10 heavy (non-hydrogen) atoms. The van der Waals surface area contributed by atoms with Gasteiger partial charge >= 0.3 is 0 Å². The van der Waals surface area contributed by atoms with Crippen LogP contribution in [0.25, 0.3) is 0 Å². The Kier molecular flexibility index (Phi) is 3.54. The summed E-state index contributed by atoms with van der Waals surface area (Å²) in [7, 11) is 1.45. The molecule has 0 N–H and O–H groups in total. The van der Waals surface area contributed by atoms with Crippen molar-refractivity contribution in [1.29, 1.82) is 0 Å². The summed E-state index contributed by atoms with van der Waals surface area (Å²) in [5.41, 5.74) is 0.0718. The third-order valence-corrected chi connectivity index (χ3v) is 1.14. The number of ketones is 2. The molecule has 0 fully saturated rings. The molecule has 0 atom stereocenters. The van der Waals surface area contributed by atoms with E-state index in [0.717, 1.165) is 0 Å². The summed E-state index contributed by atoms with van der Waals surface area (Å²) in [4.78, 5) is 25.0. The first-order valence-electron chi connectivity index (χ1n) is 3.14. The molecule has 3 nitrogen and oxygen atoms in total. The van der Waals surface area contributed by atoms with Gasteiger partial charge in [0.25, 0.3) is 0 Å². The molecule has 0 saturated heterocycles. The molecule has 0 heterocycles. The molecule has 0 amide bonds. The van der Waals surface area contributed by atoms with Gasteiger partial charge in [-0.2, -0.15) is 0 Å². The second-order valence-corrected chi connectivity index (χ2v) is 1.91. The molecule has 0 radical (unpaired) electrons. The Bertz CT molecular complexity index is 182. The van der Waals surface area contributed by atoms with Crippen molar-refractivity contribution in [1.82, 2.24) is 0 Å². The first-order chi connectivity index (χ1) is 4.63. The van der Waals surface area contributed by atoms with Crippen LogP contribution in [0, 0.1) is 0 Å². The highest BCUT2D eigenvalue weighted by atomic mass is 16.1. The molecule has 0 bridgehead atoms. The molecule has 0 aliphatic rings. The van der Waals surface area contributed by atoms with Gasteiger partial charge in [0.15, 0.2) is 11.6 Å². The van der Waals surface area contributed by atoms with Crippen LogP contribution in [-0.4, -0.2) is 24.3 Å². The molecule has 0 unspecified atom stereocenters. The predicted octanol–water partition coefficient (Wildman–Crippen LogP) is 0.625. The third kappa shape index (κ3) is 2.09. The maximum absolute atomic E-state index is 10.8. The Morgan fingerprint density at radius 1 is 1.40 bits per heavy atom. The van der Waals surface area contributed by atoms with Gasteiger partial charge in [0.2, 0.25) is 0 Å². The number of hydrogen-bond acceptors (Lipinski definition) is 3. The van der Waals surface area contributed by atoms with Crippen LogP contribution in [0.15, 0.2) is 4.99 Å². The molecule has 0 aromatic heterocycles. The zero-order valence-corrected chi connectivity index (χ0v) is 6.47. The minimum atomic E-state index is -0.255. The monoisotopic (exact) mass is 141 g/mol. The summed E-state index contributed by atoms with van der Waals surface area (Å²) in [5, 5.41) is 0. The lowest BCUT2D eigenvalue weighted by Crippen LogP contribution is -2.20. The largest absolute Gasteiger partial charge is 0.293 e. The SMILES string of the molecule is CCC(=O)C(=NC)C(C)=O. The molecule has 0 aromatic rings. The number of hydrogen-bond donors (Lipinski definition) is 0. The summed E-state index contributed by atoms with van der Waals surface area (Å²) >= 11 is 0. The van der Waals surface area contributed by atoms with Crippen molar-refractivity contribution < 1.29 is 9.59 Å². The van der Waals surface area contributed by atoms with E-state index in [-0.39, 0.29) is 17.3 Å². The Labute approximate surface area is 60.1 Å². The molecule has 0 spiro atoms. The van der Waals surface area contributed by atoms with Gasteiger partial charge in [-0.3, -0.25) is 14.6 Å². The van der Waals surface area contributed by atoms with Crippen LogP contribution < -0.4 is 0 Å². The lowest BCUT2D eigenvalue weighted by Gasteiger charge is -1.94. The van der Waals surface area contributed by atoms with E-state index >= 15 is 0 Å². The predicted molar refractivity (Wildman–Crippen MR) is 39.3 cm³/mol. The van der Waals surface area contributed by atoms with E-state index in [4.69, 9.17) is 0 Å². The van der Waals surface area contributed by atoms with Crippen LogP contribution in [0.3, 0.4) is 0 Å². The number of carbonyl (C=O) groups excluding carboxylic acids is 2. The maximum Gasteiger partial charge on any atom is 0.184 e. The van der Waals surface area contributed by atoms with Gasteiger partial charge in [0.05, 0.1) is 0 Å². The summed E-state index contributed by atoms with van der Waals surface area (Å²) in [5.74, 6) is -0.440. The highest BCUT2D eigenvalue weighted by molar-refractivity contribution is 6.65. The van der Waals surface area contributed by atoms with E-state index < -0.39 is 0 Å². The highest BCUT2D eigenvalue weighted by Crippen LogP contribution is 1.87. The van der Waals surface area contributed by atoms with E-state index in [1.54, 1.807) is 6.92 Å². The minimum absolute atomic E-state index is 0.0718. The minimum Gasteiger partial charge on any atom is -0.293 e. The maximum atomic E-state index is 10.8. The van der Waals surface area contributed by atoms with Gasteiger partial charge in [-0.1, -0.05) is 6.92 Å². The zero-order valence-electron chi connectivity index (χ0n) is 6.47. The molecule has 3 heteroatoms. The quantitative estimate of drug-likeness (QED) is 0.427. The van der Waals surface area contributed by atoms with Gasteiger partial charge in [-0.25, -0.2) is 0 Å². The van der Waals surface area contributed by atoms with Crippen LogP contribution in [0.5, 0.6) is 0 Å². The van der Waals surface area contributed by atoms with Crippen LogP contribution in [-0.2, 0) is 9.59 Å². The van der Waals surface area contributed by atoms with Crippen LogP contribution in [0.4, 0.5) is 0 Å². The van der Waals surface area contributed by atoms with E-state index in [1.165, 1.54) is 14.0 Å². The number of aliphatic imine (C=N–C) groups is 1. The molecular weight excluding hydrogens is 130 g/mol. The molecule has 56 valence electrons.